The van der Waals surface area contributed by atoms with Gasteiger partial charge in [0.05, 0.1) is 12.1 Å². The van der Waals surface area contributed by atoms with Crippen molar-refractivity contribution in [3.63, 3.8) is 0 Å². The molecule has 0 bridgehead atoms. The van der Waals surface area contributed by atoms with Gasteiger partial charge in [0.25, 0.3) is 0 Å². The van der Waals surface area contributed by atoms with Crippen molar-refractivity contribution in [3.8, 4) is 11.5 Å². The third-order valence-electron chi connectivity index (χ3n) is 3.80. The Balaban J connectivity index is 1.66. The highest BCUT2D eigenvalue weighted by molar-refractivity contribution is 6.31. The molecule has 0 aromatic heterocycles. The Morgan fingerprint density at radius 3 is 2.70 bits per heavy atom. The smallest absolute Gasteiger partial charge is 0.161 e. The average molecular weight is 336 g/mol. The van der Waals surface area contributed by atoms with Crippen LogP contribution >= 0.6 is 11.6 Å². The van der Waals surface area contributed by atoms with E-state index in [1.807, 2.05) is 18.2 Å². The van der Waals surface area contributed by atoms with E-state index in [4.69, 9.17) is 21.1 Å². The third kappa shape index (κ3) is 4.36. The van der Waals surface area contributed by atoms with Crippen molar-refractivity contribution in [2.24, 2.45) is 0 Å². The molecule has 0 aliphatic heterocycles. The van der Waals surface area contributed by atoms with Crippen molar-refractivity contribution >= 4 is 11.6 Å². The zero-order valence-corrected chi connectivity index (χ0v) is 13.7. The van der Waals surface area contributed by atoms with Crippen molar-refractivity contribution < 1.29 is 13.9 Å². The lowest BCUT2D eigenvalue weighted by atomic mass is 10.2. The first-order valence-corrected chi connectivity index (χ1v) is 8.00. The zero-order valence-electron chi connectivity index (χ0n) is 12.9. The Labute approximate surface area is 140 Å². The van der Waals surface area contributed by atoms with Crippen molar-refractivity contribution in [2.75, 3.05) is 7.11 Å². The Bertz CT molecular complexity index is 689. The van der Waals surface area contributed by atoms with Crippen LogP contribution in [0.2, 0.25) is 5.02 Å². The maximum Gasteiger partial charge on any atom is 0.161 e. The topological polar surface area (TPSA) is 30.5 Å². The van der Waals surface area contributed by atoms with Gasteiger partial charge < -0.3 is 14.8 Å². The third-order valence-corrected chi connectivity index (χ3v) is 4.15. The number of hydrogen-bond acceptors (Lipinski definition) is 3. The number of halogens is 2. The van der Waals surface area contributed by atoms with Crippen LogP contribution in [0.3, 0.4) is 0 Å². The number of rotatable bonds is 7. The second kappa shape index (κ2) is 7.20. The predicted octanol–water partition coefficient (Wildman–Crippen LogP) is 4.32. The van der Waals surface area contributed by atoms with Crippen LogP contribution in [0.15, 0.2) is 36.4 Å². The molecule has 0 heterocycles. The molecule has 3 nitrogen and oxygen atoms in total. The van der Waals surface area contributed by atoms with E-state index in [0.29, 0.717) is 22.6 Å². The van der Waals surface area contributed by atoms with E-state index in [0.717, 1.165) is 17.7 Å². The van der Waals surface area contributed by atoms with Gasteiger partial charge in [-0.25, -0.2) is 4.39 Å². The molecule has 0 spiro atoms. The van der Waals surface area contributed by atoms with E-state index in [1.54, 1.807) is 13.2 Å². The standard InChI is InChI=1S/C18H19ClFNO2/c1-22-18-8-12(10-21-15-5-6-15)2-7-17(18)23-11-13-3-4-14(20)9-16(13)19/h2-4,7-9,15,21H,5-6,10-11H2,1H3. The molecule has 0 unspecified atom stereocenters. The van der Waals surface area contributed by atoms with Gasteiger partial charge in [0, 0.05) is 18.2 Å². The van der Waals surface area contributed by atoms with Crippen molar-refractivity contribution in [3.05, 3.63) is 58.4 Å². The van der Waals surface area contributed by atoms with E-state index in [1.165, 1.54) is 25.0 Å². The highest BCUT2D eigenvalue weighted by Gasteiger charge is 2.20. The van der Waals surface area contributed by atoms with Gasteiger partial charge in [-0.2, -0.15) is 0 Å². The lowest BCUT2D eigenvalue weighted by Gasteiger charge is -2.13. The second-order valence-electron chi connectivity index (χ2n) is 5.66. The molecular weight excluding hydrogens is 317 g/mol. The summed E-state index contributed by atoms with van der Waals surface area (Å²) in [5.41, 5.74) is 1.88. The Hall–Kier alpha value is -1.78. The van der Waals surface area contributed by atoms with E-state index in [-0.39, 0.29) is 12.4 Å². The molecule has 0 saturated heterocycles. The lowest BCUT2D eigenvalue weighted by molar-refractivity contribution is 0.284. The minimum absolute atomic E-state index is 0.259. The fraction of sp³-hybridized carbons (Fsp3) is 0.333. The molecule has 0 radical (unpaired) electrons. The summed E-state index contributed by atoms with van der Waals surface area (Å²) < 4.78 is 24.2. The minimum atomic E-state index is -0.358. The van der Waals surface area contributed by atoms with Crippen molar-refractivity contribution in [2.45, 2.75) is 32.0 Å². The van der Waals surface area contributed by atoms with Gasteiger partial charge in [-0.3, -0.25) is 0 Å². The fourth-order valence-electron chi connectivity index (χ4n) is 2.29. The van der Waals surface area contributed by atoms with Crippen LogP contribution in [0, 0.1) is 5.82 Å². The zero-order chi connectivity index (χ0) is 16.2. The van der Waals surface area contributed by atoms with Crippen LogP contribution in [-0.2, 0) is 13.2 Å². The number of hydrogen-bond donors (Lipinski definition) is 1. The SMILES string of the molecule is COc1cc(CNC2CC2)ccc1OCc1ccc(F)cc1Cl. The minimum Gasteiger partial charge on any atom is -0.493 e. The molecular formula is C18H19ClFNO2. The van der Waals surface area contributed by atoms with E-state index in [2.05, 4.69) is 5.32 Å². The molecule has 1 N–H and O–H groups in total. The van der Waals surface area contributed by atoms with Gasteiger partial charge in [-0.1, -0.05) is 23.7 Å². The van der Waals surface area contributed by atoms with Crippen LogP contribution in [0.1, 0.15) is 24.0 Å². The summed E-state index contributed by atoms with van der Waals surface area (Å²) in [6.45, 7) is 1.08. The monoisotopic (exact) mass is 335 g/mol. The van der Waals surface area contributed by atoms with Gasteiger partial charge in [0.15, 0.2) is 11.5 Å². The average Bonchev–Trinajstić information content (AvgIpc) is 3.37. The number of methoxy groups -OCH3 is 1. The van der Waals surface area contributed by atoms with Crippen molar-refractivity contribution in [1.29, 1.82) is 0 Å². The molecule has 2 aromatic rings. The molecule has 23 heavy (non-hydrogen) atoms. The molecule has 1 aliphatic carbocycles. The first-order valence-electron chi connectivity index (χ1n) is 7.63. The predicted molar refractivity (Wildman–Crippen MR) is 88.6 cm³/mol. The van der Waals surface area contributed by atoms with Crippen LogP contribution in [-0.4, -0.2) is 13.2 Å². The molecule has 122 valence electrons. The number of nitrogens with one attached hydrogen (secondary N) is 1. The first-order chi connectivity index (χ1) is 11.2. The van der Waals surface area contributed by atoms with Gasteiger partial charge in [-0.05, 0) is 42.7 Å². The quantitative estimate of drug-likeness (QED) is 0.817. The largest absolute Gasteiger partial charge is 0.493 e. The van der Waals surface area contributed by atoms with E-state index >= 15 is 0 Å². The number of ether oxygens (including phenoxy) is 2. The summed E-state index contributed by atoms with van der Waals surface area (Å²) >= 11 is 6.01. The van der Waals surface area contributed by atoms with Crippen LogP contribution in [0.4, 0.5) is 4.39 Å². The van der Waals surface area contributed by atoms with Gasteiger partial charge in [-0.15, -0.1) is 0 Å². The van der Waals surface area contributed by atoms with Crippen LogP contribution < -0.4 is 14.8 Å². The summed E-state index contributed by atoms with van der Waals surface area (Å²) in [5.74, 6) is 0.963. The summed E-state index contributed by atoms with van der Waals surface area (Å²) in [4.78, 5) is 0. The van der Waals surface area contributed by atoms with E-state index < -0.39 is 0 Å². The normalized spacial score (nSPS) is 13.9. The molecule has 1 aliphatic rings. The Morgan fingerprint density at radius 1 is 1.17 bits per heavy atom. The molecule has 5 heteroatoms. The summed E-state index contributed by atoms with van der Waals surface area (Å²) in [7, 11) is 1.62. The maximum atomic E-state index is 13.1. The van der Waals surface area contributed by atoms with Gasteiger partial charge in [0.1, 0.15) is 12.4 Å². The summed E-state index contributed by atoms with van der Waals surface area (Å²) in [6, 6.07) is 10.8. The molecule has 0 amide bonds. The molecule has 3 rings (SSSR count). The van der Waals surface area contributed by atoms with Crippen molar-refractivity contribution in [1.82, 2.24) is 5.32 Å². The highest BCUT2D eigenvalue weighted by Crippen LogP contribution is 2.30. The summed E-state index contributed by atoms with van der Waals surface area (Å²) in [5, 5.41) is 3.82. The van der Waals surface area contributed by atoms with Crippen LogP contribution in [0.5, 0.6) is 11.5 Å². The molecule has 2 aromatic carbocycles. The lowest BCUT2D eigenvalue weighted by Crippen LogP contribution is -2.15. The maximum absolute atomic E-state index is 13.1. The molecule has 1 fully saturated rings. The van der Waals surface area contributed by atoms with Gasteiger partial charge >= 0.3 is 0 Å². The molecule has 0 atom stereocenters. The first kappa shape index (κ1) is 16.1. The molecule has 1 saturated carbocycles. The second-order valence-corrected chi connectivity index (χ2v) is 6.07. The Morgan fingerprint density at radius 2 is 2.00 bits per heavy atom. The summed E-state index contributed by atoms with van der Waals surface area (Å²) in [6.07, 6.45) is 2.52. The number of benzene rings is 2. The van der Waals surface area contributed by atoms with Crippen LogP contribution in [0.25, 0.3) is 0 Å². The fourth-order valence-corrected chi connectivity index (χ4v) is 2.51. The van der Waals surface area contributed by atoms with Gasteiger partial charge in [0.2, 0.25) is 0 Å². The highest BCUT2D eigenvalue weighted by atomic mass is 35.5. The van der Waals surface area contributed by atoms with E-state index in [9.17, 15) is 4.39 Å². The Kier molecular flexibility index (Phi) is 5.03.